The fourth-order valence-corrected chi connectivity index (χ4v) is 6.43. The number of hydrogen-bond acceptors (Lipinski definition) is 5. The van der Waals surface area contributed by atoms with Gasteiger partial charge in [0.25, 0.3) is 0 Å². The summed E-state index contributed by atoms with van der Waals surface area (Å²) in [6.07, 6.45) is 2.64. The van der Waals surface area contributed by atoms with Gasteiger partial charge in [-0.2, -0.15) is 0 Å². The molecule has 0 fully saturated rings. The molecule has 0 saturated carbocycles. The second kappa shape index (κ2) is 14.2. The highest BCUT2D eigenvalue weighted by Gasteiger charge is 2.30. The van der Waals surface area contributed by atoms with Crippen LogP contribution in [0.25, 0.3) is 5.69 Å². The second-order valence-electron chi connectivity index (χ2n) is 10.9. The number of ether oxygens (including phenoxy) is 2. The van der Waals surface area contributed by atoms with Crippen LogP contribution in [0.4, 0.5) is 13.2 Å². The van der Waals surface area contributed by atoms with Gasteiger partial charge in [-0.25, -0.2) is 18.2 Å². The van der Waals surface area contributed by atoms with Gasteiger partial charge in [-0.15, -0.1) is 0 Å². The first-order valence-electron chi connectivity index (χ1n) is 14.3. The van der Waals surface area contributed by atoms with Crippen LogP contribution >= 0.6 is 23.4 Å². The van der Waals surface area contributed by atoms with Crippen LogP contribution in [0.3, 0.4) is 0 Å². The van der Waals surface area contributed by atoms with Gasteiger partial charge in [-0.3, -0.25) is 4.57 Å². The van der Waals surface area contributed by atoms with E-state index < -0.39 is 11.6 Å². The number of aryl methyl sites for hydroxylation is 2. The van der Waals surface area contributed by atoms with Gasteiger partial charge in [0.05, 0.1) is 24.6 Å². The highest BCUT2D eigenvalue weighted by atomic mass is 35.5. The molecule has 1 unspecified atom stereocenters. The Hall–Kier alpha value is -2.98. The highest BCUT2D eigenvalue weighted by Crippen LogP contribution is 2.42. The van der Waals surface area contributed by atoms with Gasteiger partial charge < -0.3 is 14.4 Å². The Morgan fingerprint density at radius 3 is 2.56 bits per heavy atom. The van der Waals surface area contributed by atoms with Gasteiger partial charge in [-0.05, 0) is 93.9 Å². The SMILES string of the molecule is Cc1cc(C2CCCc3nc(SCc4c(F)ccc(OCCOCCN(C)C)c4F)n(-c4ccc(F)cc4)c32)ccc1Cl. The van der Waals surface area contributed by atoms with Crippen molar-refractivity contribution in [3.05, 3.63) is 105 Å². The molecule has 0 spiro atoms. The second-order valence-corrected chi connectivity index (χ2v) is 12.2. The van der Waals surface area contributed by atoms with Crippen LogP contribution in [0.5, 0.6) is 5.75 Å². The summed E-state index contributed by atoms with van der Waals surface area (Å²) in [6.45, 7) is 3.73. The van der Waals surface area contributed by atoms with Gasteiger partial charge in [0, 0.05) is 34.5 Å². The molecule has 0 radical (unpaired) electrons. The molecule has 3 aromatic carbocycles. The molecule has 1 atom stereocenters. The number of thioether (sulfide) groups is 1. The first kappa shape index (κ1) is 31.4. The first-order valence-corrected chi connectivity index (χ1v) is 15.7. The summed E-state index contributed by atoms with van der Waals surface area (Å²) in [5.74, 6) is -1.72. The molecular formula is C33H35ClF3N3O2S. The summed E-state index contributed by atoms with van der Waals surface area (Å²) in [5, 5.41) is 1.30. The van der Waals surface area contributed by atoms with E-state index in [0.717, 1.165) is 54.0 Å². The van der Waals surface area contributed by atoms with Crippen molar-refractivity contribution in [1.82, 2.24) is 14.5 Å². The molecule has 1 aliphatic rings. The predicted molar refractivity (Wildman–Crippen MR) is 165 cm³/mol. The van der Waals surface area contributed by atoms with E-state index in [-0.39, 0.29) is 35.4 Å². The number of imidazole rings is 1. The Morgan fingerprint density at radius 2 is 1.81 bits per heavy atom. The van der Waals surface area contributed by atoms with Crippen molar-refractivity contribution < 1.29 is 22.6 Å². The predicted octanol–water partition coefficient (Wildman–Crippen LogP) is 7.97. The molecule has 1 heterocycles. The number of likely N-dealkylation sites (N-methyl/N-ethyl adjacent to an activating group) is 1. The molecule has 0 N–H and O–H groups in total. The number of nitrogens with zero attached hydrogens (tertiary/aromatic N) is 3. The van der Waals surface area contributed by atoms with Crippen molar-refractivity contribution in [2.24, 2.45) is 0 Å². The summed E-state index contributed by atoms with van der Waals surface area (Å²) < 4.78 is 57.4. The van der Waals surface area contributed by atoms with E-state index in [1.54, 1.807) is 12.1 Å². The van der Waals surface area contributed by atoms with Crippen LogP contribution in [0.15, 0.2) is 59.8 Å². The fraction of sp³-hybridized carbons (Fsp3) is 0.364. The minimum absolute atomic E-state index is 0.00396. The van der Waals surface area contributed by atoms with E-state index in [1.807, 2.05) is 42.6 Å². The maximum atomic E-state index is 15.5. The standard InChI is InChI=1S/C33H35ClF3N3O2S/c1-21-19-22(7-12-27(21)34)25-5-4-6-29-32(25)40(24-10-8-23(35)9-11-24)33(38-29)43-20-26-28(36)13-14-30(31(26)37)42-18-17-41-16-15-39(2)3/h7-14,19,25H,4-6,15-18,20H2,1-3H3. The molecule has 5 rings (SSSR count). The first-order chi connectivity index (χ1) is 20.7. The van der Waals surface area contributed by atoms with Crippen LogP contribution in [0.2, 0.25) is 5.02 Å². The Bertz CT molecular complexity index is 1560. The third kappa shape index (κ3) is 7.40. The van der Waals surface area contributed by atoms with Gasteiger partial charge in [0.15, 0.2) is 16.7 Å². The lowest BCUT2D eigenvalue weighted by atomic mass is 9.83. The number of rotatable bonds is 12. The topological polar surface area (TPSA) is 39.5 Å². The van der Waals surface area contributed by atoms with E-state index in [0.29, 0.717) is 23.4 Å². The van der Waals surface area contributed by atoms with Crippen LogP contribution in [0, 0.1) is 24.4 Å². The molecule has 0 aliphatic heterocycles. The lowest BCUT2D eigenvalue weighted by Gasteiger charge is -2.25. The van der Waals surface area contributed by atoms with Crippen LogP contribution in [-0.4, -0.2) is 54.9 Å². The maximum absolute atomic E-state index is 15.5. The van der Waals surface area contributed by atoms with Crippen LogP contribution in [-0.2, 0) is 16.9 Å². The lowest BCUT2D eigenvalue weighted by Crippen LogP contribution is -2.19. The summed E-state index contributed by atoms with van der Waals surface area (Å²) in [4.78, 5) is 6.96. The zero-order chi connectivity index (χ0) is 30.5. The monoisotopic (exact) mass is 629 g/mol. The zero-order valence-electron chi connectivity index (χ0n) is 24.5. The molecular weight excluding hydrogens is 595 g/mol. The zero-order valence-corrected chi connectivity index (χ0v) is 26.1. The Kier molecular flexibility index (Phi) is 10.4. The number of fused-ring (bicyclic) bond motifs is 1. The Morgan fingerprint density at radius 1 is 1.02 bits per heavy atom. The van der Waals surface area contributed by atoms with Crippen molar-refractivity contribution in [2.75, 3.05) is 40.5 Å². The average molecular weight is 630 g/mol. The average Bonchev–Trinajstić information content (AvgIpc) is 3.36. The molecule has 228 valence electrons. The molecule has 5 nitrogen and oxygen atoms in total. The van der Waals surface area contributed by atoms with Crippen molar-refractivity contribution in [2.45, 2.75) is 43.0 Å². The molecule has 1 aromatic heterocycles. The van der Waals surface area contributed by atoms with E-state index >= 15 is 4.39 Å². The van der Waals surface area contributed by atoms with Gasteiger partial charge >= 0.3 is 0 Å². The van der Waals surface area contributed by atoms with E-state index in [1.165, 1.54) is 36.0 Å². The Labute approximate surface area is 260 Å². The summed E-state index contributed by atoms with van der Waals surface area (Å²) in [7, 11) is 3.90. The molecule has 1 aliphatic carbocycles. The molecule has 0 saturated heterocycles. The normalized spacial score (nSPS) is 14.7. The largest absolute Gasteiger partial charge is 0.488 e. The third-order valence-electron chi connectivity index (χ3n) is 7.53. The third-order valence-corrected chi connectivity index (χ3v) is 8.92. The Balaban J connectivity index is 1.42. The highest BCUT2D eigenvalue weighted by molar-refractivity contribution is 7.98. The number of benzene rings is 3. The van der Waals surface area contributed by atoms with Gasteiger partial charge in [0.1, 0.15) is 18.2 Å². The van der Waals surface area contributed by atoms with E-state index in [4.69, 9.17) is 26.1 Å². The van der Waals surface area contributed by atoms with Crippen molar-refractivity contribution in [1.29, 1.82) is 0 Å². The fourth-order valence-electron chi connectivity index (χ4n) is 5.27. The lowest BCUT2D eigenvalue weighted by molar-refractivity contribution is 0.0877. The van der Waals surface area contributed by atoms with Crippen molar-refractivity contribution in [3.63, 3.8) is 0 Å². The van der Waals surface area contributed by atoms with Crippen LogP contribution < -0.4 is 4.74 Å². The maximum Gasteiger partial charge on any atom is 0.173 e. The van der Waals surface area contributed by atoms with E-state index in [9.17, 15) is 8.78 Å². The quantitative estimate of drug-likeness (QED) is 0.117. The van der Waals surface area contributed by atoms with Crippen molar-refractivity contribution >= 4 is 23.4 Å². The molecule has 10 heteroatoms. The summed E-state index contributed by atoms with van der Waals surface area (Å²) >= 11 is 7.57. The van der Waals surface area contributed by atoms with Gasteiger partial charge in [0.2, 0.25) is 0 Å². The van der Waals surface area contributed by atoms with Crippen molar-refractivity contribution in [3.8, 4) is 11.4 Å². The van der Waals surface area contributed by atoms with Gasteiger partial charge in [-0.1, -0.05) is 35.5 Å². The molecule has 0 bridgehead atoms. The molecule has 4 aromatic rings. The molecule has 43 heavy (non-hydrogen) atoms. The minimum Gasteiger partial charge on any atom is -0.488 e. The summed E-state index contributed by atoms with van der Waals surface area (Å²) in [6, 6.07) is 14.8. The number of halogens is 4. The van der Waals surface area contributed by atoms with Crippen LogP contribution in [0.1, 0.15) is 46.8 Å². The number of hydrogen-bond donors (Lipinski definition) is 0. The summed E-state index contributed by atoms with van der Waals surface area (Å²) in [5.41, 5.74) is 4.70. The number of aromatic nitrogens is 2. The minimum atomic E-state index is -0.736. The molecule has 0 amide bonds. The smallest absolute Gasteiger partial charge is 0.173 e. The van der Waals surface area contributed by atoms with E-state index in [2.05, 4.69) is 6.07 Å².